The van der Waals surface area contributed by atoms with E-state index in [1.165, 1.54) is 0 Å². The maximum absolute atomic E-state index is 14.4. The van der Waals surface area contributed by atoms with Gasteiger partial charge >= 0.3 is 0 Å². The summed E-state index contributed by atoms with van der Waals surface area (Å²) in [6.07, 6.45) is 0. The van der Waals surface area contributed by atoms with Gasteiger partial charge in [-0.2, -0.15) is 0 Å². The van der Waals surface area contributed by atoms with E-state index in [-0.39, 0.29) is 5.91 Å². The number of halogens is 2. The van der Waals surface area contributed by atoms with E-state index in [2.05, 4.69) is 50.5 Å². The summed E-state index contributed by atoms with van der Waals surface area (Å²) in [6.45, 7) is 9.80. The lowest BCUT2D eigenvalue weighted by atomic mass is 9.73. The third kappa shape index (κ3) is 3.64. The van der Waals surface area contributed by atoms with Crippen LogP contribution >= 0.6 is 23.2 Å². The third-order valence-electron chi connectivity index (χ3n) is 7.63. The molecule has 0 unspecified atom stereocenters. The fraction of sp³-hybridized carbons (Fsp3) is 0.219. The molecule has 2 aliphatic rings. The molecule has 2 heterocycles. The van der Waals surface area contributed by atoms with Crippen molar-refractivity contribution >= 4 is 46.2 Å². The van der Waals surface area contributed by atoms with Crippen molar-refractivity contribution in [3.63, 3.8) is 0 Å². The Morgan fingerprint density at radius 3 is 1.85 bits per heavy atom. The SMILES string of the molecule is CCNc1cc2c(cc1C)C1(c3cc(C)c(NCC)cc3O2)c2ccccc2C(=O)N1c1c(Cl)cccc1Cl. The van der Waals surface area contributed by atoms with Crippen molar-refractivity contribution in [3.05, 3.63) is 110 Å². The molecule has 198 valence electrons. The van der Waals surface area contributed by atoms with Gasteiger partial charge in [0.15, 0.2) is 0 Å². The fourth-order valence-electron chi connectivity index (χ4n) is 6.02. The Kier molecular flexibility index (Phi) is 6.24. The van der Waals surface area contributed by atoms with Crippen LogP contribution in [0.15, 0.2) is 66.7 Å². The lowest BCUT2D eigenvalue weighted by Crippen LogP contribution is -2.48. The first kappa shape index (κ1) is 25.6. The normalized spacial score (nSPS) is 14.5. The summed E-state index contributed by atoms with van der Waals surface area (Å²) in [6, 6.07) is 21.4. The van der Waals surface area contributed by atoms with Crippen LogP contribution in [0.2, 0.25) is 10.0 Å². The molecule has 0 saturated carbocycles. The van der Waals surface area contributed by atoms with Crippen molar-refractivity contribution in [1.82, 2.24) is 0 Å². The predicted octanol–water partition coefficient (Wildman–Crippen LogP) is 8.53. The summed E-state index contributed by atoms with van der Waals surface area (Å²) < 4.78 is 6.66. The van der Waals surface area contributed by atoms with Gasteiger partial charge in [-0.3, -0.25) is 9.69 Å². The van der Waals surface area contributed by atoms with Crippen molar-refractivity contribution in [2.24, 2.45) is 0 Å². The highest BCUT2D eigenvalue weighted by Gasteiger charge is 2.58. The summed E-state index contributed by atoms with van der Waals surface area (Å²) in [4.78, 5) is 16.2. The van der Waals surface area contributed by atoms with Gasteiger partial charge in [0, 0.05) is 58.9 Å². The zero-order valence-electron chi connectivity index (χ0n) is 22.3. The van der Waals surface area contributed by atoms with Crippen LogP contribution in [0.5, 0.6) is 11.5 Å². The molecule has 0 aromatic heterocycles. The minimum atomic E-state index is -1.06. The van der Waals surface area contributed by atoms with Gasteiger partial charge in [-0.1, -0.05) is 47.5 Å². The maximum Gasteiger partial charge on any atom is 0.260 e. The third-order valence-corrected chi connectivity index (χ3v) is 8.24. The van der Waals surface area contributed by atoms with Crippen molar-refractivity contribution in [3.8, 4) is 11.5 Å². The minimum Gasteiger partial charge on any atom is -0.456 e. The number of rotatable bonds is 5. The van der Waals surface area contributed by atoms with Crippen LogP contribution in [0.4, 0.5) is 17.1 Å². The number of carbonyl (C=O) groups is 1. The van der Waals surface area contributed by atoms with Crippen LogP contribution in [-0.4, -0.2) is 19.0 Å². The van der Waals surface area contributed by atoms with Crippen molar-refractivity contribution < 1.29 is 9.53 Å². The number of anilines is 3. The molecule has 39 heavy (non-hydrogen) atoms. The zero-order valence-corrected chi connectivity index (χ0v) is 23.8. The van der Waals surface area contributed by atoms with Crippen LogP contribution < -0.4 is 20.3 Å². The van der Waals surface area contributed by atoms with E-state index in [0.717, 1.165) is 52.3 Å². The molecule has 1 amide bonds. The highest BCUT2D eigenvalue weighted by atomic mass is 35.5. The number of ether oxygens (including phenoxy) is 1. The number of benzene rings is 4. The summed E-state index contributed by atoms with van der Waals surface area (Å²) in [5.74, 6) is 1.18. The molecule has 0 aliphatic carbocycles. The smallest absolute Gasteiger partial charge is 0.260 e. The number of hydrogen-bond acceptors (Lipinski definition) is 4. The van der Waals surface area contributed by atoms with Crippen molar-refractivity contribution in [1.29, 1.82) is 0 Å². The molecular weight excluding hydrogens is 529 g/mol. The highest BCUT2D eigenvalue weighted by Crippen LogP contribution is 2.61. The summed E-state index contributed by atoms with van der Waals surface area (Å²) >= 11 is 13.7. The number of nitrogens with zero attached hydrogens (tertiary/aromatic N) is 1. The largest absolute Gasteiger partial charge is 0.456 e. The molecular formula is C32H29Cl2N3O2. The first-order chi connectivity index (χ1) is 18.8. The summed E-state index contributed by atoms with van der Waals surface area (Å²) in [5.41, 5.74) is 6.66. The zero-order chi connectivity index (χ0) is 27.5. The second-order valence-corrected chi connectivity index (χ2v) is 10.8. The summed E-state index contributed by atoms with van der Waals surface area (Å²) in [5, 5.41) is 7.69. The molecule has 0 fully saturated rings. The molecule has 7 heteroatoms. The molecule has 4 aromatic carbocycles. The molecule has 2 aliphatic heterocycles. The van der Waals surface area contributed by atoms with E-state index in [9.17, 15) is 4.79 Å². The van der Waals surface area contributed by atoms with Crippen LogP contribution in [0.25, 0.3) is 0 Å². The number of carbonyl (C=O) groups excluding carboxylic acids is 1. The predicted molar refractivity (Wildman–Crippen MR) is 160 cm³/mol. The average Bonchev–Trinajstić information content (AvgIpc) is 3.16. The van der Waals surface area contributed by atoms with Crippen LogP contribution in [0.3, 0.4) is 0 Å². The Labute approximate surface area is 238 Å². The van der Waals surface area contributed by atoms with E-state index >= 15 is 0 Å². The topological polar surface area (TPSA) is 53.6 Å². The van der Waals surface area contributed by atoms with E-state index in [0.29, 0.717) is 32.8 Å². The first-order valence-electron chi connectivity index (χ1n) is 13.2. The van der Waals surface area contributed by atoms with Crippen molar-refractivity contribution in [2.45, 2.75) is 33.2 Å². The number of hydrogen-bond donors (Lipinski definition) is 2. The Morgan fingerprint density at radius 1 is 0.769 bits per heavy atom. The van der Waals surface area contributed by atoms with Gasteiger partial charge in [0.2, 0.25) is 0 Å². The lowest BCUT2D eigenvalue weighted by molar-refractivity contribution is 0.0985. The van der Waals surface area contributed by atoms with Crippen LogP contribution in [0, 0.1) is 13.8 Å². The Balaban J connectivity index is 1.79. The van der Waals surface area contributed by atoms with Crippen LogP contribution in [-0.2, 0) is 5.54 Å². The monoisotopic (exact) mass is 557 g/mol. The van der Waals surface area contributed by atoms with Crippen LogP contribution in [0.1, 0.15) is 52.0 Å². The molecule has 4 aromatic rings. The maximum atomic E-state index is 14.4. The minimum absolute atomic E-state index is 0.166. The fourth-order valence-corrected chi connectivity index (χ4v) is 6.58. The average molecular weight is 559 g/mol. The first-order valence-corrected chi connectivity index (χ1v) is 13.9. The van der Waals surface area contributed by atoms with Gasteiger partial charge in [0.05, 0.1) is 15.7 Å². The number of nitrogens with one attached hydrogen (secondary N) is 2. The highest BCUT2D eigenvalue weighted by molar-refractivity contribution is 6.40. The molecule has 1 spiro atoms. The molecule has 0 saturated heterocycles. The number of para-hydroxylation sites is 1. The second kappa shape index (κ2) is 9.51. The summed E-state index contributed by atoms with van der Waals surface area (Å²) in [7, 11) is 0. The number of aryl methyl sites for hydroxylation is 2. The van der Waals surface area contributed by atoms with Gasteiger partial charge in [-0.25, -0.2) is 0 Å². The van der Waals surface area contributed by atoms with Gasteiger partial charge in [0.1, 0.15) is 17.0 Å². The second-order valence-electron chi connectivity index (χ2n) is 9.96. The number of fused-ring (bicyclic) bond motifs is 6. The van der Waals surface area contributed by atoms with E-state index < -0.39 is 5.54 Å². The Hall–Kier alpha value is -3.67. The Morgan fingerprint density at radius 2 is 1.31 bits per heavy atom. The molecule has 0 atom stereocenters. The Bertz CT molecular complexity index is 1570. The lowest BCUT2D eigenvalue weighted by Gasteiger charge is -2.45. The number of amides is 1. The molecule has 0 radical (unpaired) electrons. The van der Waals surface area contributed by atoms with Gasteiger partial charge in [-0.05, 0) is 69.2 Å². The van der Waals surface area contributed by atoms with E-state index in [1.54, 1.807) is 23.1 Å². The molecule has 6 rings (SSSR count). The van der Waals surface area contributed by atoms with Gasteiger partial charge in [-0.15, -0.1) is 0 Å². The quantitative estimate of drug-likeness (QED) is 0.258. The van der Waals surface area contributed by atoms with Gasteiger partial charge in [0.25, 0.3) is 5.91 Å². The van der Waals surface area contributed by atoms with E-state index in [4.69, 9.17) is 27.9 Å². The van der Waals surface area contributed by atoms with Crippen molar-refractivity contribution in [2.75, 3.05) is 28.6 Å². The molecule has 0 bridgehead atoms. The van der Waals surface area contributed by atoms with Gasteiger partial charge < -0.3 is 15.4 Å². The molecule has 2 N–H and O–H groups in total. The molecule has 5 nitrogen and oxygen atoms in total. The standard InChI is InChI=1S/C32H29Cl2N3O2/c1-5-35-26-16-28-22(14-18(26)3)32(23-15-19(4)27(36-6-2)17-29(23)39-28)21-11-8-7-10-20(21)31(38)37(32)30-24(33)12-9-13-25(30)34/h7-17,35-36H,5-6H2,1-4H3. The van der Waals surface area contributed by atoms with E-state index in [1.807, 2.05) is 36.4 Å².